The second-order valence-corrected chi connectivity index (χ2v) is 7.21. The zero-order valence-corrected chi connectivity index (χ0v) is 16.4. The summed E-state index contributed by atoms with van der Waals surface area (Å²) in [4.78, 5) is 9.72. The Kier molecular flexibility index (Phi) is 8.22. The van der Waals surface area contributed by atoms with Gasteiger partial charge in [0, 0.05) is 45.8 Å². The topological polar surface area (TPSA) is 42.9 Å². The Morgan fingerprint density at radius 2 is 1.88 bits per heavy atom. The molecule has 1 aliphatic rings. The minimum atomic E-state index is 0.603. The van der Waals surface area contributed by atoms with E-state index in [-0.39, 0.29) is 0 Å². The maximum Gasteiger partial charge on any atom is 0.191 e. The number of aryl methyl sites for hydroxylation is 1. The van der Waals surface area contributed by atoms with E-state index in [0.717, 1.165) is 32.1 Å². The Balaban J connectivity index is 1.80. The molecule has 0 aromatic heterocycles. The fourth-order valence-electron chi connectivity index (χ4n) is 3.10. The minimum absolute atomic E-state index is 0.603. The quantitative estimate of drug-likeness (QED) is 0.585. The molecule has 1 fully saturated rings. The van der Waals surface area contributed by atoms with E-state index in [1.807, 2.05) is 0 Å². The van der Waals surface area contributed by atoms with Crippen molar-refractivity contribution in [3.8, 4) is 0 Å². The number of hydrogen-bond donors (Lipinski definition) is 2. The van der Waals surface area contributed by atoms with Crippen molar-refractivity contribution < 1.29 is 0 Å². The number of rotatable bonds is 7. The van der Waals surface area contributed by atoms with Crippen molar-refractivity contribution in [2.45, 2.75) is 27.3 Å². The molecule has 2 rings (SSSR count). The first-order valence-electron chi connectivity index (χ1n) is 9.56. The van der Waals surface area contributed by atoms with Crippen LogP contribution in [0.5, 0.6) is 0 Å². The van der Waals surface area contributed by atoms with E-state index in [2.05, 4.69) is 72.5 Å². The summed E-state index contributed by atoms with van der Waals surface area (Å²) in [5.74, 6) is 1.52. The van der Waals surface area contributed by atoms with Gasteiger partial charge in [0.05, 0.1) is 6.54 Å². The molecule has 0 bridgehead atoms. The van der Waals surface area contributed by atoms with Crippen molar-refractivity contribution in [1.82, 2.24) is 20.4 Å². The van der Waals surface area contributed by atoms with Crippen molar-refractivity contribution in [2.24, 2.45) is 10.9 Å². The predicted octanol–water partition coefficient (Wildman–Crippen LogP) is 1.93. The number of aliphatic imine (C=N–C) groups is 1. The van der Waals surface area contributed by atoms with Crippen LogP contribution in [0, 0.1) is 12.8 Å². The molecule has 1 aromatic rings. The van der Waals surface area contributed by atoms with Gasteiger partial charge in [-0.1, -0.05) is 31.2 Å². The highest BCUT2D eigenvalue weighted by Gasteiger charge is 2.16. The van der Waals surface area contributed by atoms with Crippen molar-refractivity contribution in [2.75, 3.05) is 52.9 Å². The third kappa shape index (κ3) is 7.04. The van der Waals surface area contributed by atoms with Gasteiger partial charge in [0.25, 0.3) is 0 Å². The monoisotopic (exact) mass is 345 g/mol. The predicted molar refractivity (Wildman–Crippen MR) is 107 cm³/mol. The highest BCUT2D eigenvalue weighted by atomic mass is 15.2. The molecule has 1 saturated heterocycles. The Hall–Kier alpha value is -1.59. The van der Waals surface area contributed by atoms with Gasteiger partial charge in [-0.25, -0.2) is 4.99 Å². The highest BCUT2D eigenvalue weighted by molar-refractivity contribution is 5.79. The maximum absolute atomic E-state index is 4.75. The van der Waals surface area contributed by atoms with Crippen LogP contribution in [0.2, 0.25) is 0 Å². The Morgan fingerprint density at radius 1 is 1.16 bits per heavy atom. The number of likely N-dealkylation sites (N-methyl/N-ethyl adjacent to an activating group) is 1. The lowest BCUT2D eigenvalue weighted by molar-refractivity contribution is 0.139. The summed E-state index contributed by atoms with van der Waals surface area (Å²) in [6, 6.07) is 8.45. The van der Waals surface area contributed by atoms with E-state index < -0.39 is 0 Å². The molecule has 0 amide bonds. The molecule has 1 heterocycles. The second kappa shape index (κ2) is 10.4. The molecule has 0 radical (unpaired) electrons. The average Bonchev–Trinajstić information content (AvgIpc) is 2.60. The van der Waals surface area contributed by atoms with Crippen LogP contribution in [0.1, 0.15) is 25.0 Å². The first-order chi connectivity index (χ1) is 12.1. The van der Waals surface area contributed by atoms with Gasteiger partial charge in [0.1, 0.15) is 0 Å². The zero-order valence-electron chi connectivity index (χ0n) is 16.4. The lowest BCUT2D eigenvalue weighted by Crippen LogP contribution is -2.47. The molecular weight excluding hydrogens is 310 g/mol. The molecule has 1 aromatic carbocycles. The SMILES string of the molecule is CCNC(=NCc1ccccc1C)NCC(C)CN1CCN(C)CC1. The summed E-state index contributed by atoms with van der Waals surface area (Å²) in [6.45, 7) is 15.0. The third-order valence-electron chi connectivity index (χ3n) is 4.80. The summed E-state index contributed by atoms with van der Waals surface area (Å²) in [5.41, 5.74) is 2.58. The molecule has 1 unspecified atom stereocenters. The first-order valence-corrected chi connectivity index (χ1v) is 9.56. The maximum atomic E-state index is 4.75. The fourth-order valence-corrected chi connectivity index (χ4v) is 3.10. The second-order valence-electron chi connectivity index (χ2n) is 7.21. The lowest BCUT2D eigenvalue weighted by Gasteiger charge is -2.34. The van der Waals surface area contributed by atoms with Gasteiger partial charge < -0.3 is 20.4 Å². The van der Waals surface area contributed by atoms with E-state index in [1.165, 1.54) is 37.3 Å². The van der Waals surface area contributed by atoms with Gasteiger partial charge in [0.15, 0.2) is 5.96 Å². The Morgan fingerprint density at radius 3 is 2.56 bits per heavy atom. The van der Waals surface area contributed by atoms with Crippen molar-refractivity contribution >= 4 is 5.96 Å². The molecule has 1 aliphatic heterocycles. The number of nitrogens with one attached hydrogen (secondary N) is 2. The Bertz CT molecular complexity index is 535. The normalized spacial score (nSPS) is 18.2. The minimum Gasteiger partial charge on any atom is -0.357 e. The summed E-state index contributed by atoms with van der Waals surface area (Å²) in [6.07, 6.45) is 0. The summed E-state index contributed by atoms with van der Waals surface area (Å²) in [7, 11) is 2.20. The third-order valence-corrected chi connectivity index (χ3v) is 4.80. The van der Waals surface area contributed by atoms with Gasteiger partial charge in [-0.05, 0) is 37.9 Å². The molecule has 0 aliphatic carbocycles. The van der Waals surface area contributed by atoms with Crippen LogP contribution in [-0.4, -0.2) is 68.6 Å². The van der Waals surface area contributed by atoms with Crippen LogP contribution < -0.4 is 10.6 Å². The van der Waals surface area contributed by atoms with Crippen LogP contribution in [0.3, 0.4) is 0 Å². The molecule has 0 spiro atoms. The van der Waals surface area contributed by atoms with Gasteiger partial charge in [-0.15, -0.1) is 0 Å². The lowest BCUT2D eigenvalue weighted by atomic mass is 10.1. The summed E-state index contributed by atoms with van der Waals surface area (Å²) in [5, 5.41) is 6.87. The number of hydrogen-bond acceptors (Lipinski definition) is 3. The fraction of sp³-hybridized carbons (Fsp3) is 0.650. The Labute approximate surface area is 153 Å². The molecule has 5 nitrogen and oxygen atoms in total. The molecule has 5 heteroatoms. The van der Waals surface area contributed by atoms with Gasteiger partial charge >= 0.3 is 0 Å². The first kappa shape index (κ1) is 19.7. The van der Waals surface area contributed by atoms with Gasteiger partial charge in [-0.3, -0.25) is 0 Å². The molecule has 140 valence electrons. The number of piperazine rings is 1. The van der Waals surface area contributed by atoms with Crippen molar-refractivity contribution in [3.05, 3.63) is 35.4 Å². The molecule has 25 heavy (non-hydrogen) atoms. The standard InChI is InChI=1S/C20H35N5/c1-5-21-20(23-15-19-9-7-6-8-18(19)3)22-14-17(2)16-25-12-10-24(4)11-13-25/h6-9,17H,5,10-16H2,1-4H3,(H2,21,22,23). The van der Waals surface area contributed by atoms with E-state index in [4.69, 9.17) is 4.99 Å². The van der Waals surface area contributed by atoms with Crippen LogP contribution in [0.4, 0.5) is 0 Å². The molecule has 2 N–H and O–H groups in total. The van der Waals surface area contributed by atoms with Crippen LogP contribution >= 0.6 is 0 Å². The van der Waals surface area contributed by atoms with Crippen molar-refractivity contribution in [3.63, 3.8) is 0 Å². The number of nitrogens with zero attached hydrogens (tertiary/aromatic N) is 3. The van der Waals surface area contributed by atoms with E-state index in [0.29, 0.717) is 5.92 Å². The van der Waals surface area contributed by atoms with Crippen LogP contribution in [0.15, 0.2) is 29.3 Å². The van der Waals surface area contributed by atoms with Crippen LogP contribution in [-0.2, 0) is 6.54 Å². The molecule has 1 atom stereocenters. The molecular formula is C20H35N5. The molecule has 0 saturated carbocycles. The van der Waals surface area contributed by atoms with E-state index >= 15 is 0 Å². The summed E-state index contributed by atoms with van der Waals surface area (Å²) < 4.78 is 0. The van der Waals surface area contributed by atoms with Gasteiger partial charge in [-0.2, -0.15) is 0 Å². The van der Waals surface area contributed by atoms with E-state index in [9.17, 15) is 0 Å². The highest BCUT2D eigenvalue weighted by Crippen LogP contribution is 2.08. The smallest absolute Gasteiger partial charge is 0.191 e. The summed E-state index contributed by atoms with van der Waals surface area (Å²) >= 11 is 0. The number of guanidine groups is 1. The average molecular weight is 346 g/mol. The van der Waals surface area contributed by atoms with Gasteiger partial charge in [0.2, 0.25) is 0 Å². The largest absolute Gasteiger partial charge is 0.357 e. The van der Waals surface area contributed by atoms with E-state index in [1.54, 1.807) is 0 Å². The zero-order chi connectivity index (χ0) is 18.1. The number of benzene rings is 1. The van der Waals surface area contributed by atoms with Crippen LogP contribution in [0.25, 0.3) is 0 Å². The van der Waals surface area contributed by atoms with Crippen molar-refractivity contribution in [1.29, 1.82) is 0 Å².